The van der Waals surface area contributed by atoms with Crippen LogP contribution in [0.2, 0.25) is 0 Å². The van der Waals surface area contributed by atoms with Crippen molar-refractivity contribution in [2.75, 3.05) is 38.8 Å². The van der Waals surface area contributed by atoms with Crippen LogP contribution in [0.4, 0.5) is 10.5 Å². The maximum absolute atomic E-state index is 12.7. The van der Waals surface area contributed by atoms with Crippen LogP contribution >= 0.6 is 0 Å². The second kappa shape index (κ2) is 8.49. The number of urea groups is 1. The summed E-state index contributed by atoms with van der Waals surface area (Å²) in [7, 11) is 3.26. The molecule has 0 atom stereocenters. The molecule has 1 aromatic rings. The Hall–Kier alpha value is -2.45. The van der Waals surface area contributed by atoms with Crippen LogP contribution in [0.1, 0.15) is 29.6 Å². The summed E-state index contributed by atoms with van der Waals surface area (Å²) >= 11 is 0. The number of rotatable bonds is 5. The molecule has 0 saturated carbocycles. The van der Waals surface area contributed by atoms with E-state index in [-0.39, 0.29) is 30.4 Å². The van der Waals surface area contributed by atoms with E-state index < -0.39 is 6.03 Å². The van der Waals surface area contributed by atoms with Gasteiger partial charge >= 0.3 is 6.03 Å². The zero-order chi connectivity index (χ0) is 19.4. The smallest absolute Gasteiger partial charge is 0.328 e. The van der Waals surface area contributed by atoms with Crippen molar-refractivity contribution in [2.24, 2.45) is 5.92 Å². The minimum Gasteiger partial charge on any atom is -0.356 e. The van der Waals surface area contributed by atoms with E-state index in [1.54, 1.807) is 38.5 Å². The number of anilines is 1. The zero-order valence-corrected chi connectivity index (χ0v) is 15.6. The molecule has 2 aliphatic rings. The summed E-state index contributed by atoms with van der Waals surface area (Å²) in [4.78, 5) is 39.2. The molecule has 146 valence electrons. The molecule has 8 heteroatoms. The predicted octanol–water partition coefficient (Wildman–Crippen LogP) is 1.60. The van der Waals surface area contributed by atoms with Gasteiger partial charge in [0.2, 0.25) is 5.91 Å². The SMILES string of the molecule is COC(OC)C1CCN(C(=O)c2ccc(N3CCC(=O)NC3=O)cc2)CC1. The lowest BCUT2D eigenvalue weighted by Crippen LogP contribution is -2.49. The van der Waals surface area contributed by atoms with Gasteiger partial charge in [0.15, 0.2) is 6.29 Å². The van der Waals surface area contributed by atoms with Gasteiger partial charge in [0, 0.05) is 57.4 Å². The predicted molar refractivity (Wildman–Crippen MR) is 98.4 cm³/mol. The number of benzene rings is 1. The van der Waals surface area contributed by atoms with Crippen molar-refractivity contribution in [3.05, 3.63) is 29.8 Å². The highest BCUT2D eigenvalue weighted by Gasteiger charge is 2.29. The molecular formula is C19H25N3O5. The second-order valence-electron chi connectivity index (χ2n) is 6.77. The number of ether oxygens (including phenoxy) is 2. The van der Waals surface area contributed by atoms with E-state index in [4.69, 9.17) is 9.47 Å². The number of methoxy groups -OCH3 is 2. The van der Waals surface area contributed by atoms with Crippen molar-refractivity contribution in [1.82, 2.24) is 10.2 Å². The third-order valence-electron chi connectivity index (χ3n) is 5.16. The van der Waals surface area contributed by atoms with Gasteiger partial charge in [0.25, 0.3) is 5.91 Å². The van der Waals surface area contributed by atoms with Gasteiger partial charge in [-0.05, 0) is 37.1 Å². The molecule has 1 N–H and O–H groups in total. The van der Waals surface area contributed by atoms with E-state index in [9.17, 15) is 14.4 Å². The maximum Gasteiger partial charge on any atom is 0.328 e. The third kappa shape index (κ3) is 4.28. The normalized spacial score (nSPS) is 18.8. The van der Waals surface area contributed by atoms with E-state index in [1.807, 2.05) is 4.90 Å². The fourth-order valence-electron chi connectivity index (χ4n) is 3.63. The van der Waals surface area contributed by atoms with E-state index in [0.29, 0.717) is 30.9 Å². The molecule has 0 bridgehead atoms. The highest BCUT2D eigenvalue weighted by atomic mass is 16.7. The molecule has 2 fully saturated rings. The molecule has 0 unspecified atom stereocenters. The molecule has 3 rings (SSSR count). The van der Waals surface area contributed by atoms with Gasteiger partial charge < -0.3 is 14.4 Å². The Bertz CT molecular complexity index is 694. The summed E-state index contributed by atoms with van der Waals surface area (Å²) in [5, 5.41) is 2.29. The number of amides is 4. The molecule has 2 heterocycles. The van der Waals surface area contributed by atoms with Crippen LogP contribution in [0.15, 0.2) is 24.3 Å². The Morgan fingerprint density at radius 2 is 1.70 bits per heavy atom. The molecular weight excluding hydrogens is 350 g/mol. The van der Waals surface area contributed by atoms with Crippen molar-refractivity contribution in [1.29, 1.82) is 0 Å². The van der Waals surface area contributed by atoms with Crippen LogP contribution in [0, 0.1) is 5.92 Å². The summed E-state index contributed by atoms with van der Waals surface area (Å²) < 4.78 is 10.6. The minimum absolute atomic E-state index is 0.0235. The van der Waals surface area contributed by atoms with E-state index in [1.165, 1.54) is 4.90 Å². The average Bonchev–Trinajstić information content (AvgIpc) is 2.69. The lowest BCUT2D eigenvalue weighted by molar-refractivity contribution is -0.145. The fraction of sp³-hybridized carbons (Fsp3) is 0.526. The molecule has 0 spiro atoms. The summed E-state index contributed by atoms with van der Waals surface area (Å²) in [5.74, 6) is -0.00737. The molecule has 2 aliphatic heterocycles. The van der Waals surface area contributed by atoms with E-state index >= 15 is 0 Å². The van der Waals surface area contributed by atoms with Crippen molar-refractivity contribution < 1.29 is 23.9 Å². The standard InChI is InChI=1S/C19H25N3O5/c1-26-18(27-2)14-7-10-21(11-8-14)17(24)13-3-5-15(6-4-13)22-12-9-16(23)20-19(22)25/h3-6,14,18H,7-12H2,1-2H3,(H,20,23,25). The number of piperidine rings is 1. The number of hydrogen-bond acceptors (Lipinski definition) is 5. The van der Waals surface area contributed by atoms with Gasteiger partial charge in [0.05, 0.1) is 0 Å². The number of nitrogens with zero attached hydrogens (tertiary/aromatic N) is 2. The summed E-state index contributed by atoms with van der Waals surface area (Å²) in [6.07, 6.45) is 1.70. The number of hydrogen-bond donors (Lipinski definition) is 1. The molecule has 0 aromatic heterocycles. The Labute approximate surface area is 158 Å². The van der Waals surface area contributed by atoms with Gasteiger partial charge in [0.1, 0.15) is 0 Å². The Balaban J connectivity index is 1.60. The fourth-order valence-corrected chi connectivity index (χ4v) is 3.63. The van der Waals surface area contributed by atoms with E-state index in [0.717, 1.165) is 12.8 Å². The Kier molecular flexibility index (Phi) is 6.08. The number of carbonyl (C=O) groups excluding carboxylic acids is 3. The number of nitrogens with one attached hydrogen (secondary N) is 1. The van der Waals surface area contributed by atoms with Gasteiger partial charge in [-0.15, -0.1) is 0 Å². The van der Waals surface area contributed by atoms with Crippen LogP contribution < -0.4 is 10.2 Å². The van der Waals surface area contributed by atoms with Gasteiger partial charge in [-0.25, -0.2) is 4.79 Å². The lowest BCUT2D eigenvalue weighted by Gasteiger charge is -2.35. The first-order valence-electron chi connectivity index (χ1n) is 9.09. The second-order valence-corrected chi connectivity index (χ2v) is 6.77. The number of carbonyl (C=O) groups is 3. The Morgan fingerprint density at radius 3 is 2.26 bits per heavy atom. The van der Waals surface area contributed by atoms with E-state index in [2.05, 4.69) is 5.32 Å². The van der Waals surface area contributed by atoms with Crippen LogP contribution in [0.25, 0.3) is 0 Å². The minimum atomic E-state index is -0.432. The van der Waals surface area contributed by atoms with Gasteiger partial charge in [-0.1, -0.05) is 0 Å². The van der Waals surface area contributed by atoms with Crippen molar-refractivity contribution in [2.45, 2.75) is 25.6 Å². The largest absolute Gasteiger partial charge is 0.356 e. The van der Waals surface area contributed by atoms with Gasteiger partial charge in [-0.3, -0.25) is 19.8 Å². The topological polar surface area (TPSA) is 88.2 Å². The summed E-state index contributed by atoms with van der Waals surface area (Å²) in [6.45, 7) is 1.65. The van der Waals surface area contributed by atoms with Crippen molar-refractivity contribution >= 4 is 23.5 Å². The monoisotopic (exact) mass is 375 g/mol. The van der Waals surface area contributed by atoms with Gasteiger partial charge in [-0.2, -0.15) is 0 Å². The lowest BCUT2D eigenvalue weighted by atomic mass is 9.95. The van der Waals surface area contributed by atoms with Crippen LogP contribution in [0.5, 0.6) is 0 Å². The summed E-state index contributed by atoms with van der Waals surface area (Å²) in [5.41, 5.74) is 1.25. The highest BCUT2D eigenvalue weighted by Crippen LogP contribution is 2.25. The Morgan fingerprint density at radius 1 is 1.07 bits per heavy atom. The first-order valence-corrected chi connectivity index (χ1v) is 9.09. The van der Waals surface area contributed by atoms with Crippen molar-refractivity contribution in [3.8, 4) is 0 Å². The van der Waals surface area contributed by atoms with Crippen LogP contribution in [-0.2, 0) is 14.3 Å². The van der Waals surface area contributed by atoms with Crippen LogP contribution in [0.3, 0.4) is 0 Å². The molecule has 0 aliphatic carbocycles. The highest BCUT2D eigenvalue weighted by molar-refractivity contribution is 6.05. The first kappa shape index (κ1) is 19.3. The quantitative estimate of drug-likeness (QED) is 0.790. The van der Waals surface area contributed by atoms with Crippen LogP contribution in [-0.4, -0.2) is 62.9 Å². The average molecular weight is 375 g/mol. The number of likely N-dealkylation sites (tertiary alicyclic amines) is 1. The molecule has 4 amide bonds. The zero-order valence-electron chi connectivity index (χ0n) is 15.6. The van der Waals surface area contributed by atoms with Crippen molar-refractivity contribution in [3.63, 3.8) is 0 Å². The molecule has 1 aromatic carbocycles. The third-order valence-corrected chi connectivity index (χ3v) is 5.16. The molecule has 8 nitrogen and oxygen atoms in total. The summed E-state index contributed by atoms with van der Waals surface area (Å²) in [6, 6.07) is 6.49. The molecule has 0 radical (unpaired) electrons. The molecule has 27 heavy (non-hydrogen) atoms. The first-order chi connectivity index (χ1) is 13.0. The molecule has 2 saturated heterocycles. The number of imide groups is 1. The maximum atomic E-state index is 12.7.